The fourth-order valence-corrected chi connectivity index (χ4v) is 3.98. The fraction of sp³-hybridized carbons (Fsp3) is 0.875. The molecule has 126 valence electrons. The molecule has 3 unspecified atom stereocenters. The number of hydrogen-bond donors (Lipinski definition) is 1. The van der Waals surface area contributed by atoms with Crippen molar-refractivity contribution in [3.8, 4) is 0 Å². The van der Waals surface area contributed by atoms with Crippen molar-refractivity contribution < 1.29 is 19.1 Å². The molecule has 2 aliphatic rings. The lowest BCUT2D eigenvalue weighted by Crippen LogP contribution is -2.65. The number of likely N-dealkylation sites (tertiary alicyclic amines) is 1. The largest absolute Gasteiger partial charge is 0.453 e. The lowest BCUT2D eigenvalue weighted by Gasteiger charge is -2.40. The molecule has 2 rings (SSSR count). The molecule has 6 heteroatoms. The van der Waals surface area contributed by atoms with Gasteiger partial charge < -0.3 is 19.7 Å². The summed E-state index contributed by atoms with van der Waals surface area (Å²) in [7, 11) is 2.84. The maximum atomic E-state index is 13.2. The first-order chi connectivity index (χ1) is 10.3. The number of methoxy groups -OCH3 is 2. The van der Waals surface area contributed by atoms with E-state index in [-0.39, 0.29) is 11.9 Å². The molecule has 0 aromatic heterocycles. The molecule has 1 aliphatic heterocycles. The first kappa shape index (κ1) is 17.1. The number of rotatable bonds is 4. The number of amides is 2. The predicted molar refractivity (Wildman–Crippen MR) is 82.5 cm³/mol. The van der Waals surface area contributed by atoms with Crippen LogP contribution < -0.4 is 5.32 Å². The number of carbonyl (C=O) groups excluding carboxylic acids is 2. The van der Waals surface area contributed by atoms with Crippen LogP contribution in [0.5, 0.6) is 0 Å². The maximum absolute atomic E-state index is 13.2. The van der Waals surface area contributed by atoms with Gasteiger partial charge in [-0.2, -0.15) is 0 Å². The number of ether oxygens (including phenoxy) is 2. The molecule has 0 spiro atoms. The van der Waals surface area contributed by atoms with Crippen LogP contribution in [0.25, 0.3) is 0 Å². The van der Waals surface area contributed by atoms with Crippen molar-refractivity contribution >= 4 is 12.0 Å². The molecule has 1 saturated carbocycles. The van der Waals surface area contributed by atoms with Crippen LogP contribution in [-0.4, -0.2) is 54.8 Å². The second-order valence-electron chi connectivity index (χ2n) is 6.75. The first-order valence-electron chi connectivity index (χ1n) is 8.06. The zero-order chi connectivity index (χ0) is 16.5. The molecule has 1 saturated heterocycles. The molecule has 0 bridgehead atoms. The SMILES string of the molecule is COC(=O)N[C@](C)(C(=O)N1C(C)CC2CCCC21)[C@@H](C)OC. The standard InChI is InChI=1S/C16H28N2O4/c1-10-9-12-7-6-8-13(12)18(10)14(19)16(3,11(2)21-4)17-15(20)22-5/h10-13H,6-9H2,1-5H3,(H,17,20)/t10?,11-,12?,13?,16+/m1/s1. The quantitative estimate of drug-likeness (QED) is 0.861. The van der Waals surface area contributed by atoms with E-state index in [0.29, 0.717) is 12.0 Å². The third-order valence-corrected chi connectivity index (χ3v) is 5.49. The Kier molecular flexibility index (Phi) is 5.00. The van der Waals surface area contributed by atoms with Crippen molar-refractivity contribution in [2.45, 2.75) is 70.2 Å². The first-order valence-corrected chi connectivity index (χ1v) is 8.06. The maximum Gasteiger partial charge on any atom is 0.407 e. The fourth-order valence-electron chi connectivity index (χ4n) is 3.98. The van der Waals surface area contributed by atoms with Gasteiger partial charge in [0.1, 0.15) is 5.54 Å². The average Bonchev–Trinajstić information content (AvgIpc) is 3.04. The number of fused-ring (bicyclic) bond motifs is 1. The Balaban J connectivity index is 2.26. The van der Waals surface area contributed by atoms with Crippen molar-refractivity contribution in [1.29, 1.82) is 0 Å². The van der Waals surface area contributed by atoms with Crippen LogP contribution in [0.15, 0.2) is 0 Å². The Morgan fingerprint density at radius 2 is 2.00 bits per heavy atom. The zero-order valence-electron chi connectivity index (χ0n) is 14.2. The minimum Gasteiger partial charge on any atom is -0.453 e. The number of alkyl carbamates (subject to hydrolysis) is 1. The molecule has 1 N–H and O–H groups in total. The highest BCUT2D eigenvalue weighted by molar-refractivity contribution is 5.91. The molecule has 0 aromatic rings. The van der Waals surface area contributed by atoms with Gasteiger partial charge in [-0.25, -0.2) is 4.79 Å². The second-order valence-corrected chi connectivity index (χ2v) is 6.75. The van der Waals surface area contributed by atoms with Crippen LogP contribution in [0.3, 0.4) is 0 Å². The minimum atomic E-state index is -1.13. The van der Waals surface area contributed by atoms with E-state index < -0.39 is 17.7 Å². The van der Waals surface area contributed by atoms with E-state index in [9.17, 15) is 9.59 Å². The summed E-state index contributed by atoms with van der Waals surface area (Å²) in [6.07, 6.45) is 3.40. The van der Waals surface area contributed by atoms with E-state index in [0.717, 1.165) is 12.8 Å². The summed E-state index contributed by atoms with van der Waals surface area (Å²) in [6.45, 7) is 5.60. The highest BCUT2D eigenvalue weighted by Gasteiger charge is 2.51. The second kappa shape index (κ2) is 6.44. The Morgan fingerprint density at radius 1 is 1.32 bits per heavy atom. The van der Waals surface area contributed by atoms with E-state index in [1.165, 1.54) is 20.0 Å². The monoisotopic (exact) mass is 312 g/mol. The van der Waals surface area contributed by atoms with Crippen molar-refractivity contribution in [3.05, 3.63) is 0 Å². The topological polar surface area (TPSA) is 67.9 Å². The molecule has 0 aromatic carbocycles. The van der Waals surface area contributed by atoms with Crippen LogP contribution in [0.1, 0.15) is 46.5 Å². The van der Waals surface area contributed by atoms with E-state index in [4.69, 9.17) is 9.47 Å². The van der Waals surface area contributed by atoms with Gasteiger partial charge in [-0.15, -0.1) is 0 Å². The van der Waals surface area contributed by atoms with Gasteiger partial charge >= 0.3 is 6.09 Å². The summed E-state index contributed by atoms with van der Waals surface area (Å²) in [5.74, 6) is 0.522. The normalized spacial score (nSPS) is 31.3. The van der Waals surface area contributed by atoms with Gasteiger partial charge in [0.2, 0.25) is 0 Å². The van der Waals surface area contributed by atoms with Crippen LogP contribution in [-0.2, 0) is 14.3 Å². The number of nitrogens with zero attached hydrogens (tertiary/aromatic N) is 1. The Labute approximate surface area is 132 Å². The van der Waals surface area contributed by atoms with E-state index in [2.05, 4.69) is 12.2 Å². The van der Waals surface area contributed by atoms with Crippen LogP contribution in [0.2, 0.25) is 0 Å². The lowest BCUT2D eigenvalue weighted by molar-refractivity contribution is -0.145. The van der Waals surface area contributed by atoms with Crippen LogP contribution >= 0.6 is 0 Å². The van der Waals surface area contributed by atoms with Gasteiger partial charge in [-0.1, -0.05) is 6.42 Å². The Hall–Kier alpha value is -1.30. The van der Waals surface area contributed by atoms with Gasteiger partial charge in [-0.05, 0) is 46.0 Å². The van der Waals surface area contributed by atoms with E-state index in [1.807, 2.05) is 4.90 Å². The summed E-state index contributed by atoms with van der Waals surface area (Å²) in [4.78, 5) is 26.9. The van der Waals surface area contributed by atoms with Gasteiger partial charge in [0, 0.05) is 19.2 Å². The molecular weight excluding hydrogens is 284 g/mol. The van der Waals surface area contributed by atoms with Crippen molar-refractivity contribution in [2.24, 2.45) is 5.92 Å². The van der Waals surface area contributed by atoms with Crippen molar-refractivity contribution in [3.63, 3.8) is 0 Å². The van der Waals surface area contributed by atoms with Gasteiger partial charge in [0.05, 0.1) is 13.2 Å². The number of hydrogen-bond acceptors (Lipinski definition) is 4. The molecule has 1 aliphatic carbocycles. The highest BCUT2D eigenvalue weighted by atomic mass is 16.5. The smallest absolute Gasteiger partial charge is 0.407 e. The summed E-state index contributed by atoms with van der Waals surface area (Å²) < 4.78 is 10.1. The molecule has 5 atom stereocenters. The summed E-state index contributed by atoms with van der Waals surface area (Å²) in [6, 6.07) is 0.496. The summed E-state index contributed by atoms with van der Waals surface area (Å²) >= 11 is 0. The van der Waals surface area contributed by atoms with Crippen molar-refractivity contribution in [1.82, 2.24) is 10.2 Å². The molecule has 2 fully saturated rings. The Morgan fingerprint density at radius 3 is 2.59 bits per heavy atom. The lowest BCUT2D eigenvalue weighted by atomic mass is 9.92. The highest BCUT2D eigenvalue weighted by Crippen LogP contribution is 2.42. The molecule has 2 amide bonds. The van der Waals surface area contributed by atoms with Gasteiger partial charge in [-0.3, -0.25) is 4.79 Å². The Bertz CT molecular complexity index is 442. The summed E-state index contributed by atoms with van der Waals surface area (Å²) in [5.41, 5.74) is -1.13. The van der Waals surface area contributed by atoms with Gasteiger partial charge in [0.15, 0.2) is 0 Å². The third-order valence-electron chi connectivity index (χ3n) is 5.49. The molecule has 6 nitrogen and oxygen atoms in total. The van der Waals surface area contributed by atoms with E-state index >= 15 is 0 Å². The average molecular weight is 312 g/mol. The van der Waals surface area contributed by atoms with Crippen molar-refractivity contribution in [2.75, 3.05) is 14.2 Å². The van der Waals surface area contributed by atoms with Crippen LogP contribution in [0, 0.1) is 5.92 Å². The number of nitrogens with one attached hydrogen (secondary N) is 1. The third kappa shape index (κ3) is 2.81. The van der Waals surface area contributed by atoms with Gasteiger partial charge in [0.25, 0.3) is 5.91 Å². The molecule has 22 heavy (non-hydrogen) atoms. The zero-order valence-corrected chi connectivity index (χ0v) is 14.2. The molecule has 1 heterocycles. The van der Waals surface area contributed by atoms with Crippen LogP contribution in [0.4, 0.5) is 4.79 Å². The predicted octanol–water partition coefficient (Wildman–Crippen LogP) is 1.93. The molecule has 0 radical (unpaired) electrons. The van der Waals surface area contributed by atoms with E-state index in [1.54, 1.807) is 21.0 Å². The number of carbonyl (C=O) groups is 2. The molecular formula is C16H28N2O4. The minimum absolute atomic E-state index is 0.0749. The summed E-state index contributed by atoms with van der Waals surface area (Å²) in [5, 5.41) is 2.69.